The summed E-state index contributed by atoms with van der Waals surface area (Å²) in [6.07, 6.45) is 7.34. The summed E-state index contributed by atoms with van der Waals surface area (Å²) in [7, 11) is 0. The van der Waals surface area contributed by atoms with Gasteiger partial charge in [0.1, 0.15) is 5.75 Å². The molecule has 0 heterocycles. The molecular weight excluding hydrogens is 451 g/mol. The van der Waals surface area contributed by atoms with Gasteiger partial charge in [-0.2, -0.15) is 4.39 Å². The Labute approximate surface area is 198 Å². The molecule has 2 aromatic rings. The number of hydrogen-bond acceptors (Lipinski definition) is 2. The third-order valence-electron chi connectivity index (χ3n) is 6.60. The highest BCUT2D eigenvalue weighted by Gasteiger charge is 2.31. The summed E-state index contributed by atoms with van der Waals surface area (Å²) in [4.78, 5) is 0. The molecule has 0 radical (unpaired) electrons. The SMILES string of the molecule is CCCCCCC[C@H]1CC[C@H](COc2ccc(-c3ccc(OC(F)(F)F)cc3)c(F)c2F)CC1. The van der Waals surface area contributed by atoms with Gasteiger partial charge in [0, 0.05) is 5.56 Å². The van der Waals surface area contributed by atoms with Crippen molar-refractivity contribution in [1.82, 2.24) is 0 Å². The van der Waals surface area contributed by atoms with Gasteiger partial charge in [-0.15, -0.1) is 13.2 Å². The molecule has 0 unspecified atom stereocenters. The van der Waals surface area contributed by atoms with Crippen LogP contribution in [0.15, 0.2) is 36.4 Å². The van der Waals surface area contributed by atoms with Gasteiger partial charge in [-0.1, -0.05) is 70.4 Å². The molecule has 1 fully saturated rings. The van der Waals surface area contributed by atoms with Gasteiger partial charge >= 0.3 is 6.36 Å². The lowest BCUT2D eigenvalue weighted by molar-refractivity contribution is -0.274. The Morgan fingerprint density at radius 1 is 0.794 bits per heavy atom. The lowest BCUT2D eigenvalue weighted by Gasteiger charge is -2.28. The van der Waals surface area contributed by atoms with Gasteiger partial charge in [-0.3, -0.25) is 0 Å². The van der Waals surface area contributed by atoms with Crippen molar-refractivity contribution in [3.05, 3.63) is 48.0 Å². The number of rotatable bonds is 11. The predicted octanol–water partition coefficient (Wildman–Crippen LogP) is 9.08. The first kappa shape index (κ1) is 26.3. The minimum atomic E-state index is -4.81. The maximum Gasteiger partial charge on any atom is 0.573 e. The minimum Gasteiger partial charge on any atom is -0.490 e. The first-order valence-corrected chi connectivity index (χ1v) is 12.2. The summed E-state index contributed by atoms with van der Waals surface area (Å²) in [5.74, 6) is -1.65. The number of alkyl halides is 3. The van der Waals surface area contributed by atoms with Gasteiger partial charge in [-0.05, 0) is 54.5 Å². The molecule has 188 valence electrons. The smallest absolute Gasteiger partial charge is 0.490 e. The molecule has 0 atom stereocenters. The molecule has 1 aliphatic carbocycles. The van der Waals surface area contributed by atoms with Crippen LogP contribution in [0.3, 0.4) is 0 Å². The van der Waals surface area contributed by atoms with E-state index in [1.165, 1.54) is 62.8 Å². The second-order valence-electron chi connectivity index (χ2n) is 9.21. The maximum absolute atomic E-state index is 14.7. The van der Waals surface area contributed by atoms with E-state index in [1.807, 2.05) is 0 Å². The van der Waals surface area contributed by atoms with Crippen molar-refractivity contribution in [2.24, 2.45) is 11.8 Å². The van der Waals surface area contributed by atoms with Crippen molar-refractivity contribution in [2.75, 3.05) is 6.61 Å². The van der Waals surface area contributed by atoms with E-state index < -0.39 is 23.7 Å². The molecule has 0 bridgehead atoms. The van der Waals surface area contributed by atoms with Crippen LogP contribution in [0.25, 0.3) is 11.1 Å². The lowest BCUT2D eigenvalue weighted by Crippen LogP contribution is -2.20. The van der Waals surface area contributed by atoms with Gasteiger partial charge in [0.25, 0.3) is 0 Å². The van der Waals surface area contributed by atoms with Crippen molar-refractivity contribution in [3.8, 4) is 22.6 Å². The number of ether oxygens (including phenoxy) is 2. The largest absolute Gasteiger partial charge is 0.573 e. The fourth-order valence-corrected chi connectivity index (χ4v) is 4.63. The second kappa shape index (κ2) is 12.4. The molecule has 3 rings (SSSR count). The molecule has 0 aliphatic heterocycles. The highest BCUT2D eigenvalue weighted by atomic mass is 19.4. The summed E-state index contributed by atoms with van der Waals surface area (Å²) in [5.41, 5.74) is 0.188. The van der Waals surface area contributed by atoms with E-state index in [0.717, 1.165) is 43.7 Å². The van der Waals surface area contributed by atoms with Gasteiger partial charge in [0.05, 0.1) is 6.61 Å². The second-order valence-corrected chi connectivity index (χ2v) is 9.21. The Kier molecular flexibility index (Phi) is 9.60. The van der Waals surface area contributed by atoms with E-state index in [0.29, 0.717) is 12.5 Å². The zero-order chi connectivity index (χ0) is 24.6. The summed E-state index contributed by atoms with van der Waals surface area (Å²) in [6.45, 7) is 2.57. The minimum absolute atomic E-state index is 0.0529. The van der Waals surface area contributed by atoms with Crippen LogP contribution in [-0.2, 0) is 0 Å². The van der Waals surface area contributed by atoms with E-state index in [4.69, 9.17) is 4.74 Å². The Morgan fingerprint density at radius 2 is 1.44 bits per heavy atom. The van der Waals surface area contributed by atoms with Crippen molar-refractivity contribution < 1.29 is 31.4 Å². The molecule has 2 aromatic carbocycles. The summed E-state index contributed by atoms with van der Waals surface area (Å²) >= 11 is 0. The number of unbranched alkanes of at least 4 members (excludes halogenated alkanes) is 4. The first-order valence-electron chi connectivity index (χ1n) is 12.2. The molecule has 2 nitrogen and oxygen atoms in total. The topological polar surface area (TPSA) is 18.5 Å². The molecular formula is C27H33F5O2. The Balaban J connectivity index is 1.49. The zero-order valence-electron chi connectivity index (χ0n) is 19.6. The van der Waals surface area contributed by atoms with Crippen LogP contribution in [0.5, 0.6) is 11.5 Å². The monoisotopic (exact) mass is 484 g/mol. The molecule has 0 aromatic heterocycles. The zero-order valence-corrected chi connectivity index (χ0v) is 19.6. The first-order chi connectivity index (χ1) is 16.3. The number of halogens is 5. The highest BCUT2D eigenvalue weighted by Crippen LogP contribution is 2.35. The third-order valence-corrected chi connectivity index (χ3v) is 6.60. The standard InChI is InChI=1S/C27H33F5O2/c1-2-3-4-5-6-7-19-8-10-20(11-9-19)18-33-24-17-16-23(25(28)26(24)29)21-12-14-22(15-13-21)34-27(30,31)32/h12-17,19-20H,2-11,18H2,1H3/t19-,20-. The van der Waals surface area contributed by atoms with Gasteiger partial charge in [0.15, 0.2) is 11.6 Å². The maximum atomic E-state index is 14.7. The Bertz CT molecular complexity index is 887. The van der Waals surface area contributed by atoms with Gasteiger partial charge in [0.2, 0.25) is 5.82 Å². The van der Waals surface area contributed by atoms with Crippen molar-refractivity contribution in [1.29, 1.82) is 0 Å². The van der Waals surface area contributed by atoms with Crippen LogP contribution < -0.4 is 9.47 Å². The fourth-order valence-electron chi connectivity index (χ4n) is 4.63. The highest BCUT2D eigenvalue weighted by molar-refractivity contribution is 5.66. The van der Waals surface area contributed by atoms with E-state index in [-0.39, 0.29) is 16.9 Å². The van der Waals surface area contributed by atoms with Crippen molar-refractivity contribution in [2.45, 2.75) is 77.5 Å². The molecule has 0 N–H and O–H groups in total. The van der Waals surface area contributed by atoms with Crippen LogP contribution in [0, 0.1) is 23.5 Å². The molecule has 0 spiro atoms. The van der Waals surface area contributed by atoms with Gasteiger partial charge in [-0.25, -0.2) is 4.39 Å². The molecule has 1 aliphatic rings. The molecule has 0 amide bonds. The molecule has 7 heteroatoms. The average molecular weight is 485 g/mol. The fraction of sp³-hybridized carbons (Fsp3) is 0.556. The Morgan fingerprint density at radius 3 is 2.09 bits per heavy atom. The molecule has 34 heavy (non-hydrogen) atoms. The van der Waals surface area contributed by atoms with Gasteiger partial charge < -0.3 is 9.47 Å². The van der Waals surface area contributed by atoms with E-state index in [1.54, 1.807) is 0 Å². The number of benzene rings is 2. The van der Waals surface area contributed by atoms with E-state index >= 15 is 0 Å². The average Bonchev–Trinajstić information content (AvgIpc) is 2.80. The third kappa shape index (κ3) is 7.88. The van der Waals surface area contributed by atoms with Crippen LogP contribution in [0.4, 0.5) is 22.0 Å². The summed E-state index contributed by atoms with van der Waals surface area (Å²) in [5, 5.41) is 0. The summed E-state index contributed by atoms with van der Waals surface area (Å²) < 4.78 is 75.6. The Hall–Kier alpha value is -2.31. The normalized spacial score (nSPS) is 18.6. The van der Waals surface area contributed by atoms with E-state index in [9.17, 15) is 22.0 Å². The van der Waals surface area contributed by atoms with Crippen molar-refractivity contribution in [3.63, 3.8) is 0 Å². The lowest BCUT2D eigenvalue weighted by atomic mass is 9.80. The van der Waals surface area contributed by atoms with Crippen LogP contribution >= 0.6 is 0 Å². The van der Waals surface area contributed by atoms with Crippen LogP contribution in [0.1, 0.15) is 71.1 Å². The quantitative estimate of drug-likeness (QED) is 0.234. The van der Waals surface area contributed by atoms with Crippen LogP contribution in [-0.4, -0.2) is 13.0 Å². The number of hydrogen-bond donors (Lipinski definition) is 0. The molecule has 0 saturated heterocycles. The molecule has 1 saturated carbocycles. The van der Waals surface area contributed by atoms with E-state index in [2.05, 4.69) is 11.7 Å². The predicted molar refractivity (Wildman–Crippen MR) is 123 cm³/mol. The van der Waals surface area contributed by atoms with Crippen LogP contribution in [0.2, 0.25) is 0 Å². The van der Waals surface area contributed by atoms with Crippen molar-refractivity contribution >= 4 is 0 Å². The summed E-state index contributed by atoms with van der Waals surface area (Å²) in [6, 6.07) is 7.38.